The van der Waals surface area contributed by atoms with Crippen molar-refractivity contribution in [2.75, 3.05) is 13.2 Å². The van der Waals surface area contributed by atoms with Gasteiger partial charge in [-0.1, -0.05) is 13.2 Å². The number of esters is 2. The summed E-state index contributed by atoms with van der Waals surface area (Å²) in [6.45, 7) is -0.479. The molecule has 2 fully saturated rings. The van der Waals surface area contributed by atoms with Crippen LogP contribution in [0.4, 0.5) is 61.5 Å². The predicted molar refractivity (Wildman–Crippen MR) is 86.4 cm³/mol. The number of rotatable bonds is 6. The van der Waals surface area contributed by atoms with Crippen molar-refractivity contribution in [1.82, 2.24) is 0 Å². The number of alkyl halides is 14. The Morgan fingerprint density at radius 2 is 0.821 bits per heavy atom. The van der Waals surface area contributed by atoms with Gasteiger partial charge in [-0.2, -0.15) is 61.5 Å². The summed E-state index contributed by atoms with van der Waals surface area (Å²) in [5.74, 6) is -15.3. The Kier molecular flexibility index (Phi) is 7.63. The molecule has 0 aromatic rings. The summed E-state index contributed by atoms with van der Waals surface area (Å²) in [5, 5.41) is 0. The van der Waals surface area contributed by atoms with Gasteiger partial charge in [-0.15, -0.1) is 0 Å². The van der Waals surface area contributed by atoms with Crippen molar-refractivity contribution in [3.05, 3.63) is 25.3 Å². The van der Waals surface area contributed by atoms with Crippen LogP contribution in [0.25, 0.3) is 0 Å². The third-order valence-corrected chi connectivity index (χ3v) is 4.92. The van der Waals surface area contributed by atoms with Gasteiger partial charge in [0.1, 0.15) is 0 Å². The van der Waals surface area contributed by atoms with E-state index in [2.05, 4.69) is 41.6 Å². The molecule has 8 nitrogen and oxygen atoms in total. The van der Waals surface area contributed by atoms with Crippen LogP contribution in [-0.4, -0.2) is 73.5 Å². The molecule has 2 aliphatic heterocycles. The van der Waals surface area contributed by atoms with E-state index >= 15 is 0 Å². The highest BCUT2D eigenvalue weighted by atomic mass is 19.4. The Morgan fingerprint density at radius 1 is 0.590 bits per heavy atom. The number of carbonyl (C=O) groups excluding carboxylic acids is 2. The van der Waals surface area contributed by atoms with Crippen molar-refractivity contribution in [3.63, 3.8) is 0 Å². The summed E-state index contributed by atoms with van der Waals surface area (Å²) in [7, 11) is 0. The zero-order chi connectivity index (χ0) is 30.7. The molecule has 2 saturated heterocycles. The third kappa shape index (κ3) is 4.69. The molecule has 0 radical (unpaired) electrons. The highest BCUT2D eigenvalue weighted by Crippen LogP contribution is 2.73. The van der Waals surface area contributed by atoms with Crippen molar-refractivity contribution in [2.24, 2.45) is 5.41 Å². The van der Waals surface area contributed by atoms with Crippen LogP contribution >= 0.6 is 0 Å². The van der Waals surface area contributed by atoms with Crippen molar-refractivity contribution >= 4 is 11.9 Å². The van der Waals surface area contributed by atoms with Gasteiger partial charge in [-0.25, -0.2) is 9.59 Å². The van der Waals surface area contributed by atoms with E-state index in [4.69, 9.17) is 0 Å². The zero-order valence-electron chi connectivity index (χ0n) is 18.0. The molecule has 2 aliphatic rings. The van der Waals surface area contributed by atoms with E-state index in [0.717, 1.165) is 0 Å². The number of ether oxygens (including phenoxy) is 6. The maximum Gasteiger partial charge on any atom is 0.447 e. The largest absolute Gasteiger partial charge is 0.456 e. The van der Waals surface area contributed by atoms with Crippen molar-refractivity contribution in [3.8, 4) is 0 Å². The Hall–Kier alpha value is -2.72. The topological polar surface area (TPSA) is 89.5 Å². The lowest BCUT2D eigenvalue weighted by Gasteiger charge is -2.59. The highest BCUT2D eigenvalue weighted by molar-refractivity contribution is 5.81. The predicted octanol–water partition coefficient (Wildman–Crippen LogP) is 4.41. The van der Waals surface area contributed by atoms with Crippen LogP contribution in [0.5, 0.6) is 0 Å². The maximum absolute atomic E-state index is 14.8. The van der Waals surface area contributed by atoms with Gasteiger partial charge in [0.05, 0.1) is 0 Å². The van der Waals surface area contributed by atoms with Crippen molar-refractivity contribution < 1.29 is 99.5 Å². The molecular weight excluding hydrogens is 598 g/mol. The van der Waals surface area contributed by atoms with E-state index in [0.29, 0.717) is 0 Å². The first kappa shape index (κ1) is 32.5. The SMILES string of the molecule is C=CC(=O)OCC1(C(F)(F)F)OC(F)(F)C2(C(F)(F)O1)C(F)(F)OC(COC(=O)C=C)(C(F)(F)F)OC2(F)F. The van der Waals surface area contributed by atoms with Crippen LogP contribution in [0, 0.1) is 5.41 Å². The molecule has 224 valence electrons. The maximum atomic E-state index is 14.8. The first-order valence-electron chi connectivity index (χ1n) is 9.27. The average molecular weight is 608 g/mol. The molecule has 0 aromatic carbocycles. The lowest BCUT2D eigenvalue weighted by Crippen LogP contribution is -2.86. The van der Waals surface area contributed by atoms with E-state index in [-0.39, 0.29) is 12.2 Å². The Bertz CT molecular complexity index is 898. The molecule has 39 heavy (non-hydrogen) atoms. The van der Waals surface area contributed by atoms with Crippen molar-refractivity contribution in [2.45, 2.75) is 48.4 Å². The minimum absolute atomic E-state index is 0.0334. The van der Waals surface area contributed by atoms with Gasteiger partial charge in [0, 0.05) is 12.2 Å². The van der Waals surface area contributed by atoms with E-state index in [9.17, 15) is 71.1 Å². The second-order valence-electron chi connectivity index (χ2n) is 7.35. The fourth-order valence-electron chi connectivity index (χ4n) is 3.16. The number of carbonyl (C=O) groups is 2. The molecule has 0 amide bonds. The van der Waals surface area contributed by atoms with Crippen LogP contribution in [-0.2, 0) is 38.0 Å². The molecule has 0 saturated carbocycles. The Balaban J connectivity index is 2.79. The van der Waals surface area contributed by atoms with E-state index in [1.807, 2.05) is 0 Å². The molecule has 0 unspecified atom stereocenters. The second-order valence-corrected chi connectivity index (χ2v) is 7.35. The standard InChI is InChI=1S/C17H10F14O8/c1-3-7(32)34-5-9(12(18,19)20)36-14(24,25)11(15(26,27)37-9)16(28,29)38-10(13(21,22)23,39-17(11,30)31)6-35-8(33)4-2/h3-4H,1-2,5-6H2. The third-order valence-electron chi connectivity index (χ3n) is 4.92. The van der Waals surface area contributed by atoms with Gasteiger partial charge < -0.3 is 9.47 Å². The minimum Gasteiger partial charge on any atom is -0.456 e. The van der Waals surface area contributed by atoms with Gasteiger partial charge in [-0.3, -0.25) is 18.9 Å². The molecule has 0 N–H and O–H groups in total. The molecule has 1 spiro atoms. The number of halogens is 14. The molecule has 0 bridgehead atoms. The molecule has 0 atom stereocenters. The van der Waals surface area contributed by atoms with E-state index < -0.39 is 78.9 Å². The highest BCUT2D eigenvalue weighted by Gasteiger charge is 3.02. The Labute approximate surface area is 205 Å². The first-order valence-corrected chi connectivity index (χ1v) is 9.27. The second kappa shape index (κ2) is 9.16. The average Bonchev–Trinajstić information content (AvgIpc) is 2.70. The quantitative estimate of drug-likeness (QED) is 0.249. The molecule has 0 aromatic heterocycles. The summed E-state index contributed by atoms with van der Waals surface area (Å²) in [6, 6.07) is 0. The minimum atomic E-state index is -7.30. The van der Waals surface area contributed by atoms with Gasteiger partial charge in [0.2, 0.25) is 0 Å². The lowest BCUT2D eigenvalue weighted by atomic mass is 9.78. The van der Waals surface area contributed by atoms with Crippen LogP contribution in [0.2, 0.25) is 0 Å². The van der Waals surface area contributed by atoms with Crippen LogP contribution in [0.1, 0.15) is 0 Å². The summed E-state index contributed by atoms with van der Waals surface area (Å²) in [5.41, 5.74) is -7.28. The molecule has 22 heteroatoms. The molecule has 0 aliphatic carbocycles. The molecule has 2 heterocycles. The van der Waals surface area contributed by atoms with Gasteiger partial charge in [-0.05, 0) is 0 Å². The summed E-state index contributed by atoms with van der Waals surface area (Å²) < 4.78 is 218. The van der Waals surface area contributed by atoms with E-state index in [1.165, 1.54) is 0 Å². The van der Waals surface area contributed by atoms with Gasteiger partial charge >= 0.3 is 65.7 Å². The number of hydrogen-bond acceptors (Lipinski definition) is 8. The van der Waals surface area contributed by atoms with Crippen LogP contribution in [0.3, 0.4) is 0 Å². The fourth-order valence-corrected chi connectivity index (χ4v) is 3.16. The molecule has 2 rings (SSSR count). The fraction of sp³-hybridized carbons (Fsp3) is 0.647. The first-order chi connectivity index (χ1) is 17.2. The Morgan fingerprint density at radius 3 is 1.00 bits per heavy atom. The summed E-state index contributed by atoms with van der Waals surface area (Å²) in [6.07, 6.45) is -42.6. The van der Waals surface area contributed by atoms with Crippen LogP contribution < -0.4 is 0 Å². The van der Waals surface area contributed by atoms with Crippen molar-refractivity contribution in [1.29, 1.82) is 0 Å². The monoisotopic (exact) mass is 608 g/mol. The summed E-state index contributed by atoms with van der Waals surface area (Å²) in [4.78, 5) is 22.0. The van der Waals surface area contributed by atoms with Crippen LogP contribution in [0.15, 0.2) is 25.3 Å². The lowest BCUT2D eigenvalue weighted by molar-refractivity contribution is -0.687. The smallest absolute Gasteiger partial charge is 0.447 e. The van der Waals surface area contributed by atoms with Gasteiger partial charge in [0.15, 0.2) is 13.2 Å². The zero-order valence-corrected chi connectivity index (χ0v) is 18.0. The number of hydrogen-bond donors (Lipinski definition) is 0. The molecular formula is C17H10F14O8. The summed E-state index contributed by atoms with van der Waals surface area (Å²) >= 11 is 0. The van der Waals surface area contributed by atoms with Gasteiger partial charge in [0.25, 0.3) is 0 Å². The van der Waals surface area contributed by atoms with E-state index in [1.54, 1.807) is 0 Å². The normalized spacial score (nSPS) is 33.2.